The standard InChI is InChI=1S/C21H22ClN3/c1-14(16-6-8-23-9-7-16)12-25-20-5-4-17(22)11-18(20)19-13-24(3)15(2)10-21(19)25/h4-9,11-12,15H,10,13H2,1-3H3/t15-/m0/s1. The molecule has 3 aromatic rings. The highest BCUT2D eigenvalue weighted by Gasteiger charge is 2.26. The number of aromatic nitrogens is 2. The van der Waals surface area contributed by atoms with E-state index in [4.69, 9.17) is 11.6 Å². The van der Waals surface area contributed by atoms with Gasteiger partial charge in [0.2, 0.25) is 0 Å². The second-order valence-electron chi connectivity index (χ2n) is 6.97. The lowest BCUT2D eigenvalue weighted by molar-refractivity contribution is 0.230. The van der Waals surface area contributed by atoms with Crippen molar-refractivity contribution in [2.24, 2.45) is 0 Å². The third-order valence-corrected chi connectivity index (χ3v) is 5.52. The van der Waals surface area contributed by atoms with Gasteiger partial charge >= 0.3 is 0 Å². The maximum Gasteiger partial charge on any atom is 0.0529 e. The Morgan fingerprint density at radius 3 is 2.76 bits per heavy atom. The summed E-state index contributed by atoms with van der Waals surface area (Å²) in [5, 5.41) is 2.06. The minimum atomic E-state index is 0.528. The molecule has 4 rings (SSSR count). The Bertz CT molecular complexity index is 956. The maximum absolute atomic E-state index is 6.29. The monoisotopic (exact) mass is 351 g/mol. The van der Waals surface area contributed by atoms with E-state index in [0.29, 0.717) is 6.04 Å². The van der Waals surface area contributed by atoms with E-state index in [1.54, 1.807) is 0 Å². The van der Waals surface area contributed by atoms with Crippen molar-refractivity contribution in [2.75, 3.05) is 7.05 Å². The fourth-order valence-electron chi connectivity index (χ4n) is 3.68. The van der Waals surface area contributed by atoms with Gasteiger partial charge in [-0.15, -0.1) is 0 Å². The van der Waals surface area contributed by atoms with Crippen LogP contribution in [0, 0.1) is 0 Å². The van der Waals surface area contributed by atoms with Gasteiger partial charge < -0.3 is 4.57 Å². The number of hydrogen-bond acceptors (Lipinski definition) is 2. The number of hydrogen-bond donors (Lipinski definition) is 0. The molecule has 0 amide bonds. The second kappa shape index (κ2) is 6.32. The highest BCUT2D eigenvalue weighted by Crippen LogP contribution is 2.35. The molecule has 1 aromatic carbocycles. The molecule has 3 nitrogen and oxygen atoms in total. The van der Waals surface area contributed by atoms with Crippen molar-refractivity contribution in [1.82, 2.24) is 14.5 Å². The molecule has 0 saturated carbocycles. The average Bonchev–Trinajstić information content (AvgIpc) is 2.89. The van der Waals surface area contributed by atoms with Crippen LogP contribution in [0.1, 0.15) is 30.7 Å². The van der Waals surface area contributed by atoms with Crippen molar-refractivity contribution in [1.29, 1.82) is 0 Å². The average molecular weight is 352 g/mol. The van der Waals surface area contributed by atoms with Gasteiger partial charge in [0.05, 0.1) is 5.52 Å². The van der Waals surface area contributed by atoms with Gasteiger partial charge in [0.25, 0.3) is 0 Å². The zero-order chi connectivity index (χ0) is 17.6. The summed E-state index contributed by atoms with van der Waals surface area (Å²) in [5.41, 5.74) is 6.45. The molecular formula is C21H22ClN3. The van der Waals surface area contributed by atoms with Crippen molar-refractivity contribution >= 4 is 34.3 Å². The number of halogens is 1. The number of fused-ring (bicyclic) bond motifs is 3. The fourth-order valence-corrected chi connectivity index (χ4v) is 3.85. The van der Waals surface area contributed by atoms with Gasteiger partial charge in [0, 0.05) is 53.7 Å². The summed E-state index contributed by atoms with van der Waals surface area (Å²) in [5.74, 6) is 0. The molecule has 2 aromatic heterocycles. The van der Waals surface area contributed by atoms with Crippen molar-refractivity contribution in [2.45, 2.75) is 32.9 Å². The molecule has 1 aliphatic heterocycles. The number of allylic oxidation sites excluding steroid dienone is 1. The van der Waals surface area contributed by atoms with Crippen LogP contribution >= 0.6 is 11.6 Å². The van der Waals surface area contributed by atoms with Crippen molar-refractivity contribution < 1.29 is 0 Å². The van der Waals surface area contributed by atoms with Gasteiger partial charge in [-0.3, -0.25) is 9.88 Å². The normalized spacial score (nSPS) is 18.6. The summed E-state index contributed by atoms with van der Waals surface area (Å²) in [4.78, 5) is 6.53. The number of likely N-dealkylation sites (N-methyl/N-ethyl adjacent to an activating group) is 1. The van der Waals surface area contributed by atoms with Gasteiger partial charge in [-0.05, 0) is 67.9 Å². The molecule has 25 heavy (non-hydrogen) atoms. The van der Waals surface area contributed by atoms with Crippen LogP contribution in [0.3, 0.4) is 0 Å². The molecule has 1 aliphatic rings. The topological polar surface area (TPSA) is 21.1 Å². The Morgan fingerprint density at radius 1 is 1.24 bits per heavy atom. The molecule has 0 bridgehead atoms. The van der Waals surface area contributed by atoms with E-state index in [1.807, 2.05) is 18.5 Å². The summed E-state index contributed by atoms with van der Waals surface area (Å²) in [6.07, 6.45) is 6.97. The van der Waals surface area contributed by atoms with Crippen LogP contribution in [0.5, 0.6) is 0 Å². The zero-order valence-electron chi connectivity index (χ0n) is 14.8. The minimum Gasteiger partial charge on any atom is -0.320 e. The van der Waals surface area contributed by atoms with E-state index in [1.165, 1.54) is 33.3 Å². The molecule has 0 fully saturated rings. The summed E-state index contributed by atoms with van der Waals surface area (Å²) in [6.45, 7) is 5.40. The van der Waals surface area contributed by atoms with Gasteiger partial charge in [0.15, 0.2) is 0 Å². The Labute approximate surface area is 153 Å². The first-order valence-corrected chi connectivity index (χ1v) is 9.02. The predicted octanol–water partition coefficient (Wildman–Crippen LogP) is 5.08. The molecule has 0 N–H and O–H groups in total. The lowest BCUT2D eigenvalue weighted by atomic mass is 10.00. The molecule has 0 radical (unpaired) electrons. The molecule has 128 valence electrons. The molecular weight excluding hydrogens is 330 g/mol. The van der Waals surface area contributed by atoms with Crippen LogP contribution < -0.4 is 0 Å². The van der Waals surface area contributed by atoms with Crippen molar-refractivity contribution in [3.63, 3.8) is 0 Å². The first-order valence-electron chi connectivity index (χ1n) is 8.65. The second-order valence-corrected chi connectivity index (χ2v) is 7.41. The Kier molecular flexibility index (Phi) is 4.14. The third-order valence-electron chi connectivity index (χ3n) is 5.29. The number of benzene rings is 1. The Morgan fingerprint density at radius 2 is 2.00 bits per heavy atom. The van der Waals surface area contributed by atoms with E-state index in [0.717, 1.165) is 18.0 Å². The maximum atomic E-state index is 6.29. The largest absolute Gasteiger partial charge is 0.320 e. The van der Waals surface area contributed by atoms with Crippen LogP contribution in [0.15, 0.2) is 42.7 Å². The zero-order valence-corrected chi connectivity index (χ0v) is 15.6. The van der Waals surface area contributed by atoms with Crippen molar-refractivity contribution in [3.8, 4) is 0 Å². The quantitative estimate of drug-likeness (QED) is 0.641. The van der Waals surface area contributed by atoms with Crippen LogP contribution in [0.2, 0.25) is 5.02 Å². The number of rotatable bonds is 2. The Balaban J connectivity index is 1.93. The van der Waals surface area contributed by atoms with E-state index in [2.05, 4.69) is 65.8 Å². The van der Waals surface area contributed by atoms with Gasteiger partial charge in [-0.25, -0.2) is 0 Å². The van der Waals surface area contributed by atoms with E-state index in [9.17, 15) is 0 Å². The summed E-state index contributed by atoms with van der Waals surface area (Å²) in [7, 11) is 2.19. The molecule has 1 atom stereocenters. The Hall–Kier alpha value is -2.10. The highest BCUT2D eigenvalue weighted by atomic mass is 35.5. The predicted molar refractivity (Wildman–Crippen MR) is 106 cm³/mol. The molecule has 0 unspecified atom stereocenters. The smallest absolute Gasteiger partial charge is 0.0529 e. The van der Waals surface area contributed by atoms with E-state index >= 15 is 0 Å². The molecule has 4 heteroatoms. The molecule has 3 heterocycles. The van der Waals surface area contributed by atoms with Crippen LogP contribution in [-0.4, -0.2) is 27.5 Å². The molecule has 0 saturated heterocycles. The summed E-state index contributed by atoms with van der Waals surface area (Å²) < 4.78 is 2.36. The molecule has 0 aliphatic carbocycles. The number of nitrogens with zero attached hydrogens (tertiary/aromatic N) is 3. The first-order chi connectivity index (χ1) is 12.0. The molecule has 0 spiro atoms. The van der Waals surface area contributed by atoms with Crippen molar-refractivity contribution in [3.05, 3.63) is 64.6 Å². The first kappa shape index (κ1) is 16.4. The van der Waals surface area contributed by atoms with Crippen LogP contribution in [0.25, 0.3) is 22.7 Å². The van der Waals surface area contributed by atoms with Crippen LogP contribution in [0.4, 0.5) is 0 Å². The minimum absolute atomic E-state index is 0.528. The third kappa shape index (κ3) is 2.88. The lowest BCUT2D eigenvalue weighted by Crippen LogP contribution is -2.35. The van der Waals surface area contributed by atoms with Crippen LogP contribution in [-0.2, 0) is 13.0 Å². The van der Waals surface area contributed by atoms with E-state index < -0.39 is 0 Å². The SMILES string of the molecule is CC(=Cn1c2c(c3cc(Cl)ccc31)CN(C)[C@@H](C)C2)c1ccncc1. The lowest BCUT2D eigenvalue weighted by Gasteiger charge is -2.30. The van der Waals surface area contributed by atoms with Gasteiger partial charge in [-0.2, -0.15) is 0 Å². The van der Waals surface area contributed by atoms with Gasteiger partial charge in [0.1, 0.15) is 0 Å². The van der Waals surface area contributed by atoms with Gasteiger partial charge in [-0.1, -0.05) is 11.6 Å². The van der Waals surface area contributed by atoms with E-state index in [-0.39, 0.29) is 0 Å². The highest BCUT2D eigenvalue weighted by molar-refractivity contribution is 6.31. The summed E-state index contributed by atoms with van der Waals surface area (Å²) in [6, 6.07) is 10.9. The number of pyridine rings is 1. The fraction of sp³-hybridized carbons (Fsp3) is 0.286. The summed E-state index contributed by atoms with van der Waals surface area (Å²) >= 11 is 6.29.